The maximum absolute atomic E-state index is 13.8. The summed E-state index contributed by atoms with van der Waals surface area (Å²) in [5, 5.41) is 22.9. The molecule has 12 heteroatoms. The number of carbonyl (C=O) groups excluding carboxylic acids is 2. The van der Waals surface area contributed by atoms with Gasteiger partial charge in [0.25, 0.3) is 5.91 Å². The molecule has 0 saturated heterocycles. The summed E-state index contributed by atoms with van der Waals surface area (Å²) in [4.78, 5) is 43.4. The minimum Gasteiger partial charge on any atom is -0.489 e. The maximum atomic E-state index is 13.8. The molecular formula is C44H38Cl2N4O6. The Morgan fingerprint density at radius 3 is 2.25 bits per heavy atom. The van der Waals surface area contributed by atoms with E-state index in [2.05, 4.69) is 11.4 Å². The van der Waals surface area contributed by atoms with Crippen LogP contribution in [-0.2, 0) is 40.4 Å². The second-order valence-corrected chi connectivity index (χ2v) is 14.7. The van der Waals surface area contributed by atoms with E-state index in [1.807, 2.05) is 78.6 Å². The lowest BCUT2D eigenvalue weighted by atomic mass is 9.91. The summed E-state index contributed by atoms with van der Waals surface area (Å²) in [6.07, 6.45) is -0.417. The van der Waals surface area contributed by atoms with Crippen LogP contribution in [0.25, 0.3) is 11.1 Å². The SMILES string of the molecule is CCN1Cc2cc3c(cc2C[C@H]1C(=O)N[C@@H](Cc1ccc(-c2ccc(C#N)cc2)cc1)C(=O)O)N(C)C(=O)C(c1ccc(OCc2ccc(Cl)c(Cl)c2)cc1)O3. The summed E-state index contributed by atoms with van der Waals surface area (Å²) < 4.78 is 12.3. The van der Waals surface area contributed by atoms with Crippen molar-refractivity contribution in [2.75, 3.05) is 18.5 Å². The van der Waals surface area contributed by atoms with E-state index in [1.54, 1.807) is 48.3 Å². The van der Waals surface area contributed by atoms with Gasteiger partial charge in [0.2, 0.25) is 12.0 Å². The Hall–Kier alpha value is -5.86. The average Bonchev–Trinajstić information content (AvgIpc) is 3.21. The van der Waals surface area contributed by atoms with E-state index < -0.39 is 24.2 Å². The van der Waals surface area contributed by atoms with Gasteiger partial charge in [-0.15, -0.1) is 0 Å². The van der Waals surface area contributed by atoms with Crippen molar-refractivity contribution in [2.45, 2.75) is 51.1 Å². The van der Waals surface area contributed by atoms with Gasteiger partial charge in [0.05, 0.1) is 33.4 Å². The lowest BCUT2D eigenvalue weighted by Gasteiger charge is -2.38. The molecule has 0 aromatic heterocycles. The molecule has 2 aliphatic heterocycles. The Kier molecular flexibility index (Phi) is 11.3. The van der Waals surface area contributed by atoms with E-state index in [9.17, 15) is 19.5 Å². The van der Waals surface area contributed by atoms with Gasteiger partial charge in [0, 0.05) is 25.6 Å². The van der Waals surface area contributed by atoms with Gasteiger partial charge in [-0.25, -0.2) is 4.79 Å². The Morgan fingerprint density at radius 1 is 0.929 bits per heavy atom. The fraction of sp³-hybridized carbons (Fsp3) is 0.227. The molecule has 10 nitrogen and oxygen atoms in total. The number of carboxylic acid groups (broad SMARTS) is 1. The second kappa shape index (κ2) is 16.5. The zero-order valence-corrected chi connectivity index (χ0v) is 32.2. The molecular weight excluding hydrogens is 751 g/mol. The Bertz CT molecular complexity index is 2330. The number of anilines is 1. The summed E-state index contributed by atoms with van der Waals surface area (Å²) in [5.74, 6) is -0.557. The Balaban J connectivity index is 1.02. The fourth-order valence-corrected chi connectivity index (χ4v) is 7.42. The van der Waals surface area contributed by atoms with Crippen LogP contribution in [0.5, 0.6) is 11.5 Å². The molecule has 284 valence electrons. The molecule has 5 aromatic rings. The van der Waals surface area contributed by atoms with Gasteiger partial charge in [-0.2, -0.15) is 5.26 Å². The number of amides is 2. The molecule has 5 aromatic carbocycles. The summed E-state index contributed by atoms with van der Waals surface area (Å²) >= 11 is 12.1. The van der Waals surface area contributed by atoms with Crippen molar-refractivity contribution >= 4 is 46.7 Å². The van der Waals surface area contributed by atoms with Crippen molar-refractivity contribution in [3.8, 4) is 28.7 Å². The molecule has 2 heterocycles. The predicted molar refractivity (Wildman–Crippen MR) is 214 cm³/mol. The molecule has 2 amide bonds. The Morgan fingerprint density at radius 2 is 1.61 bits per heavy atom. The first-order valence-electron chi connectivity index (χ1n) is 18.1. The fourth-order valence-electron chi connectivity index (χ4n) is 7.10. The van der Waals surface area contributed by atoms with Crippen LogP contribution in [0, 0.1) is 11.3 Å². The monoisotopic (exact) mass is 788 g/mol. The molecule has 2 aliphatic rings. The predicted octanol–water partition coefficient (Wildman–Crippen LogP) is 7.77. The number of nitriles is 1. The van der Waals surface area contributed by atoms with Gasteiger partial charge >= 0.3 is 5.97 Å². The van der Waals surface area contributed by atoms with Gasteiger partial charge < -0.3 is 24.8 Å². The first-order valence-corrected chi connectivity index (χ1v) is 18.9. The zero-order valence-electron chi connectivity index (χ0n) is 30.7. The van der Waals surface area contributed by atoms with E-state index in [0.29, 0.717) is 64.5 Å². The third-order valence-electron chi connectivity index (χ3n) is 10.3. The van der Waals surface area contributed by atoms with Gasteiger partial charge in [-0.3, -0.25) is 14.5 Å². The Labute approximate surface area is 334 Å². The van der Waals surface area contributed by atoms with Crippen LogP contribution >= 0.6 is 23.2 Å². The molecule has 3 atom stereocenters. The molecule has 0 spiro atoms. The highest BCUT2D eigenvalue weighted by Crippen LogP contribution is 2.42. The van der Waals surface area contributed by atoms with Crippen LogP contribution in [0.4, 0.5) is 5.69 Å². The number of hydrogen-bond donors (Lipinski definition) is 2. The standard InChI is InChI=1S/C44H38Cl2N4O6/c1-3-50-24-33-22-40-38(49(2)43(52)41(56-40)31-13-15-34(16-14-31)55-25-28-8-17-35(45)36(46)18-28)20-32(33)21-39(50)42(51)48-37(44(53)54)19-26-4-9-29(10-5-26)30-11-6-27(23-47)7-12-30/h4-18,20,22,37,39,41H,3,19,21,24-25H2,1-2H3,(H,48,51)(H,53,54)/t37-,39-,41?/m0/s1. The molecule has 2 N–H and O–H groups in total. The number of fused-ring (bicyclic) bond motifs is 2. The number of nitrogens with one attached hydrogen (secondary N) is 1. The van der Waals surface area contributed by atoms with Gasteiger partial charge in [-0.1, -0.05) is 84.7 Å². The molecule has 0 saturated carbocycles. The highest BCUT2D eigenvalue weighted by Gasteiger charge is 2.38. The number of aliphatic carboxylic acids is 1. The lowest BCUT2D eigenvalue weighted by molar-refractivity contribution is -0.142. The highest BCUT2D eigenvalue weighted by atomic mass is 35.5. The third kappa shape index (κ3) is 8.21. The van der Waals surface area contributed by atoms with Crippen LogP contribution < -0.4 is 19.7 Å². The van der Waals surface area contributed by atoms with E-state index >= 15 is 0 Å². The van der Waals surface area contributed by atoms with Crippen LogP contribution in [-0.4, -0.2) is 53.5 Å². The molecule has 0 fully saturated rings. The maximum Gasteiger partial charge on any atom is 0.326 e. The second-order valence-electron chi connectivity index (χ2n) is 13.9. The summed E-state index contributed by atoms with van der Waals surface area (Å²) in [6.45, 7) is 3.27. The van der Waals surface area contributed by atoms with Gasteiger partial charge in [0.15, 0.2) is 0 Å². The third-order valence-corrected chi connectivity index (χ3v) is 11.0. The number of halogens is 2. The van der Waals surface area contributed by atoms with Crippen molar-refractivity contribution in [3.05, 3.63) is 147 Å². The van der Waals surface area contributed by atoms with Crippen LogP contribution in [0.3, 0.4) is 0 Å². The smallest absolute Gasteiger partial charge is 0.326 e. The minimum absolute atomic E-state index is 0.109. The zero-order chi connectivity index (χ0) is 39.5. The number of benzene rings is 5. The number of carbonyl (C=O) groups is 3. The molecule has 0 bridgehead atoms. The van der Waals surface area contributed by atoms with E-state index in [-0.39, 0.29) is 18.2 Å². The molecule has 56 heavy (non-hydrogen) atoms. The minimum atomic E-state index is -1.14. The lowest BCUT2D eigenvalue weighted by Crippen LogP contribution is -2.54. The number of likely N-dealkylation sites (N-methyl/N-ethyl adjacent to an activating group) is 2. The van der Waals surface area contributed by atoms with Crippen LogP contribution in [0.2, 0.25) is 10.0 Å². The van der Waals surface area contributed by atoms with Crippen LogP contribution in [0.15, 0.2) is 103 Å². The topological polar surface area (TPSA) is 132 Å². The highest BCUT2D eigenvalue weighted by molar-refractivity contribution is 6.42. The van der Waals surface area contributed by atoms with Gasteiger partial charge in [-0.05, 0) is 94.9 Å². The molecule has 7 rings (SSSR count). The number of carboxylic acids is 1. The summed E-state index contributed by atoms with van der Waals surface area (Å²) in [6, 6.07) is 31.5. The van der Waals surface area contributed by atoms with E-state index in [4.69, 9.17) is 37.9 Å². The summed E-state index contributed by atoms with van der Waals surface area (Å²) in [7, 11) is 1.71. The quantitative estimate of drug-likeness (QED) is 0.139. The molecule has 0 radical (unpaired) electrons. The van der Waals surface area contributed by atoms with Gasteiger partial charge in [0.1, 0.15) is 24.1 Å². The van der Waals surface area contributed by atoms with Crippen molar-refractivity contribution in [1.82, 2.24) is 10.2 Å². The number of nitrogens with zero attached hydrogens (tertiary/aromatic N) is 3. The normalized spacial score (nSPS) is 16.8. The first-order chi connectivity index (χ1) is 27.0. The van der Waals surface area contributed by atoms with Crippen molar-refractivity contribution in [1.29, 1.82) is 5.26 Å². The number of ether oxygens (including phenoxy) is 2. The van der Waals surface area contributed by atoms with Crippen LogP contribution in [0.1, 0.15) is 46.4 Å². The average molecular weight is 790 g/mol. The van der Waals surface area contributed by atoms with E-state index in [0.717, 1.165) is 33.4 Å². The van der Waals surface area contributed by atoms with E-state index in [1.165, 1.54) is 0 Å². The summed E-state index contributed by atoms with van der Waals surface area (Å²) in [5.41, 5.74) is 7.21. The largest absolute Gasteiger partial charge is 0.489 e. The first kappa shape index (κ1) is 38.4. The van der Waals surface area contributed by atoms with Crippen molar-refractivity contribution in [3.63, 3.8) is 0 Å². The molecule has 1 unspecified atom stereocenters. The number of rotatable bonds is 11. The number of hydrogen-bond acceptors (Lipinski definition) is 7. The van der Waals surface area contributed by atoms with Crippen molar-refractivity contribution in [2.24, 2.45) is 0 Å². The molecule has 0 aliphatic carbocycles. The van der Waals surface area contributed by atoms with Crippen molar-refractivity contribution < 1.29 is 29.0 Å².